The Balaban J connectivity index is 2.88. The van der Waals surface area contributed by atoms with Gasteiger partial charge in [0.25, 0.3) is 0 Å². The number of nitrogens with zero attached hydrogens (tertiary/aromatic N) is 2. The molecule has 0 atom stereocenters. The lowest BCUT2D eigenvalue weighted by molar-refractivity contribution is 1.46. The fourth-order valence-corrected chi connectivity index (χ4v) is 1.94. The first-order valence-electron chi connectivity index (χ1n) is 4.74. The molecule has 1 aliphatic carbocycles. The van der Waals surface area contributed by atoms with Gasteiger partial charge in [-0.05, 0) is 23.8 Å². The van der Waals surface area contributed by atoms with Crippen LogP contribution in [0.25, 0.3) is 10.6 Å². The quantitative estimate of drug-likeness (QED) is 0.654. The van der Waals surface area contributed by atoms with E-state index >= 15 is 0 Å². The lowest BCUT2D eigenvalue weighted by atomic mass is 10.0. The first-order valence-corrected chi connectivity index (χ1v) is 5.12. The Morgan fingerprint density at radius 1 is 1.18 bits per heavy atom. The maximum absolute atomic E-state index is 11.4. The summed E-state index contributed by atoms with van der Waals surface area (Å²) in [6, 6.07) is 9.66. The number of nitriles is 2. The van der Waals surface area contributed by atoms with Gasteiger partial charge in [0, 0.05) is 16.2 Å². The van der Waals surface area contributed by atoms with Gasteiger partial charge in [-0.2, -0.15) is 10.5 Å². The van der Waals surface area contributed by atoms with E-state index in [2.05, 4.69) is 0 Å². The zero-order valence-corrected chi connectivity index (χ0v) is 9.32. The van der Waals surface area contributed by atoms with E-state index in [0.29, 0.717) is 21.7 Å². The molecule has 0 radical (unpaired) electrons. The molecule has 0 N–H and O–H groups in total. The lowest BCUT2D eigenvalue weighted by Gasteiger charge is -1.96. The summed E-state index contributed by atoms with van der Waals surface area (Å²) in [6.45, 7) is 0. The minimum atomic E-state index is -0.196. The fourth-order valence-electron chi connectivity index (χ4n) is 1.66. The first-order chi connectivity index (χ1) is 8.17. The third-order valence-electron chi connectivity index (χ3n) is 2.41. The molecule has 0 aliphatic heterocycles. The number of hydrogen-bond donors (Lipinski definition) is 0. The molecule has 0 aromatic heterocycles. The molecular weight excluding hydrogens is 236 g/mol. The molecule has 0 spiro atoms. The van der Waals surface area contributed by atoms with E-state index < -0.39 is 0 Å². The summed E-state index contributed by atoms with van der Waals surface area (Å²) in [5.74, 6) is 0. The molecule has 0 unspecified atom stereocenters. The molecule has 2 rings (SSSR count). The van der Waals surface area contributed by atoms with Gasteiger partial charge < -0.3 is 0 Å². The zero-order valence-electron chi connectivity index (χ0n) is 8.57. The van der Waals surface area contributed by atoms with Crippen molar-refractivity contribution in [2.24, 2.45) is 0 Å². The minimum Gasteiger partial charge on any atom is -0.290 e. The van der Waals surface area contributed by atoms with Crippen molar-refractivity contribution in [1.29, 1.82) is 10.5 Å². The molecule has 0 heterocycles. The first kappa shape index (κ1) is 11.1. The van der Waals surface area contributed by atoms with Crippen LogP contribution in [0.2, 0.25) is 0 Å². The van der Waals surface area contributed by atoms with Gasteiger partial charge in [0.1, 0.15) is 17.7 Å². The summed E-state index contributed by atoms with van der Waals surface area (Å²) >= 11 is 6.01. The molecule has 3 nitrogen and oxygen atoms in total. The van der Waals surface area contributed by atoms with Gasteiger partial charge in [-0.25, -0.2) is 0 Å². The molecular formula is C13H5ClN2O. The second kappa shape index (κ2) is 4.25. The van der Waals surface area contributed by atoms with Gasteiger partial charge in [0.05, 0.1) is 0 Å². The molecule has 0 fully saturated rings. The van der Waals surface area contributed by atoms with Crippen LogP contribution < -0.4 is 5.43 Å². The second-order valence-corrected chi connectivity index (χ2v) is 3.81. The van der Waals surface area contributed by atoms with Gasteiger partial charge in [0.15, 0.2) is 5.43 Å². The Morgan fingerprint density at radius 2 is 1.88 bits per heavy atom. The highest BCUT2D eigenvalue weighted by molar-refractivity contribution is 6.51. The standard InChI is InChI=1S/C13H5ClN2O/c14-13-5-11(8(6-15)7-16)12-4-9(17)2-1-3-10(12)13/h1-5H. The molecule has 1 aromatic rings. The van der Waals surface area contributed by atoms with Gasteiger partial charge in [-0.3, -0.25) is 4.79 Å². The normalized spacial score (nSPS) is 12.2. The van der Waals surface area contributed by atoms with Crippen molar-refractivity contribution in [2.75, 3.05) is 0 Å². The van der Waals surface area contributed by atoms with Crippen molar-refractivity contribution in [1.82, 2.24) is 0 Å². The number of allylic oxidation sites excluding steroid dienone is 3. The van der Waals surface area contributed by atoms with E-state index in [-0.39, 0.29) is 11.0 Å². The molecule has 0 bridgehead atoms. The van der Waals surface area contributed by atoms with Crippen molar-refractivity contribution in [2.45, 2.75) is 0 Å². The summed E-state index contributed by atoms with van der Waals surface area (Å²) in [5.41, 5.74) is 1.35. The predicted molar refractivity (Wildman–Crippen MR) is 64.7 cm³/mol. The number of halogens is 1. The van der Waals surface area contributed by atoms with Gasteiger partial charge in [-0.15, -0.1) is 0 Å². The van der Waals surface area contributed by atoms with Crippen LogP contribution in [0.5, 0.6) is 0 Å². The smallest absolute Gasteiger partial charge is 0.179 e. The third-order valence-corrected chi connectivity index (χ3v) is 2.72. The highest BCUT2D eigenvalue weighted by Crippen LogP contribution is 2.37. The van der Waals surface area contributed by atoms with Crippen LogP contribution in [0.1, 0.15) is 11.1 Å². The maximum Gasteiger partial charge on any atom is 0.179 e. The van der Waals surface area contributed by atoms with Crippen molar-refractivity contribution in [3.8, 4) is 12.1 Å². The Hall–Kier alpha value is -2.36. The van der Waals surface area contributed by atoms with Gasteiger partial charge >= 0.3 is 0 Å². The highest BCUT2D eigenvalue weighted by atomic mass is 35.5. The van der Waals surface area contributed by atoms with E-state index in [9.17, 15) is 4.79 Å². The van der Waals surface area contributed by atoms with E-state index in [1.807, 2.05) is 0 Å². The number of hydrogen-bond acceptors (Lipinski definition) is 3. The Bertz CT molecular complexity index is 687. The van der Waals surface area contributed by atoms with Crippen LogP contribution in [0.4, 0.5) is 0 Å². The third kappa shape index (κ3) is 1.85. The minimum absolute atomic E-state index is 0.0486. The largest absolute Gasteiger partial charge is 0.290 e. The van der Waals surface area contributed by atoms with Crippen molar-refractivity contribution >= 4 is 22.2 Å². The molecule has 1 aliphatic rings. The average Bonchev–Trinajstić information content (AvgIpc) is 2.51. The number of fused-ring (bicyclic) bond motifs is 1. The molecule has 17 heavy (non-hydrogen) atoms. The topological polar surface area (TPSA) is 64.7 Å². The maximum atomic E-state index is 11.4. The van der Waals surface area contributed by atoms with Crippen LogP contribution in [0, 0.1) is 22.7 Å². The van der Waals surface area contributed by atoms with Crippen LogP contribution >= 0.6 is 11.6 Å². The van der Waals surface area contributed by atoms with Gasteiger partial charge in [0.2, 0.25) is 0 Å². The monoisotopic (exact) mass is 240 g/mol. The van der Waals surface area contributed by atoms with Crippen molar-refractivity contribution in [3.05, 3.63) is 57.3 Å². The zero-order chi connectivity index (χ0) is 12.4. The van der Waals surface area contributed by atoms with E-state index in [1.54, 1.807) is 24.3 Å². The summed E-state index contributed by atoms with van der Waals surface area (Å²) in [4.78, 5) is 11.4. The van der Waals surface area contributed by atoms with E-state index in [4.69, 9.17) is 22.1 Å². The summed E-state index contributed by atoms with van der Waals surface area (Å²) in [7, 11) is 0. The van der Waals surface area contributed by atoms with Crippen LogP contribution in [0.3, 0.4) is 0 Å². The Labute approximate surface area is 102 Å². The number of rotatable bonds is 0. The lowest BCUT2D eigenvalue weighted by Crippen LogP contribution is -1.93. The van der Waals surface area contributed by atoms with Crippen LogP contribution in [0.15, 0.2) is 40.7 Å². The summed E-state index contributed by atoms with van der Waals surface area (Å²) < 4.78 is 0. The van der Waals surface area contributed by atoms with E-state index in [0.717, 1.165) is 0 Å². The predicted octanol–water partition coefficient (Wildman–Crippen LogP) is 2.44. The Kier molecular flexibility index (Phi) is 2.78. The average molecular weight is 241 g/mol. The van der Waals surface area contributed by atoms with Crippen molar-refractivity contribution in [3.63, 3.8) is 0 Å². The molecule has 0 saturated heterocycles. The highest BCUT2D eigenvalue weighted by Gasteiger charge is 2.19. The molecule has 80 valence electrons. The molecule has 0 saturated carbocycles. The van der Waals surface area contributed by atoms with Gasteiger partial charge in [-0.1, -0.05) is 23.7 Å². The van der Waals surface area contributed by atoms with Crippen LogP contribution in [-0.2, 0) is 0 Å². The summed E-state index contributed by atoms with van der Waals surface area (Å²) in [5, 5.41) is 18.1. The SMILES string of the molecule is N#CC(C#N)=C1C=C(Cl)c2cccc(=O)cc21. The second-order valence-electron chi connectivity index (χ2n) is 3.40. The van der Waals surface area contributed by atoms with Crippen molar-refractivity contribution < 1.29 is 0 Å². The van der Waals surface area contributed by atoms with Crippen LogP contribution in [-0.4, -0.2) is 0 Å². The Morgan fingerprint density at radius 3 is 2.53 bits per heavy atom. The fraction of sp³-hybridized carbons (Fsp3) is 0. The molecule has 0 amide bonds. The molecule has 1 aromatic carbocycles. The van der Waals surface area contributed by atoms with E-state index in [1.165, 1.54) is 18.2 Å². The summed E-state index contributed by atoms with van der Waals surface area (Å²) in [6.07, 6.45) is 1.54. The molecule has 4 heteroatoms.